The first kappa shape index (κ1) is 9.95. The first-order chi connectivity index (χ1) is 7.20. The van der Waals surface area contributed by atoms with Gasteiger partial charge in [0, 0.05) is 5.56 Å². The number of halogens is 1. The molecule has 0 amide bonds. The van der Waals surface area contributed by atoms with Crippen LogP contribution < -0.4 is 11.5 Å². The van der Waals surface area contributed by atoms with E-state index in [0.717, 1.165) is 5.56 Å². The number of rotatable bonds is 2. The molecule has 0 fully saturated rings. The van der Waals surface area contributed by atoms with Crippen molar-refractivity contribution in [3.63, 3.8) is 0 Å². The largest absolute Gasteiger partial charge is 0.398 e. The average molecular weight is 225 g/mol. The molecule has 0 bridgehead atoms. The topological polar surface area (TPSA) is 91.0 Å². The molecule has 5 nitrogen and oxygen atoms in total. The Labute approximate surface area is 91.0 Å². The summed E-state index contributed by atoms with van der Waals surface area (Å²) in [5, 5.41) is 4.26. The van der Waals surface area contributed by atoms with Crippen molar-refractivity contribution in [2.75, 3.05) is 5.73 Å². The molecule has 1 aromatic heterocycles. The van der Waals surface area contributed by atoms with E-state index in [1.165, 1.54) is 0 Å². The predicted molar refractivity (Wildman–Crippen MR) is 57.0 cm³/mol. The highest BCUT2D eigenvalue weighted by Gasteiger charge is 2.08. The van der Waals surface area contributed by atoms with Gasteiger partial charge in [-0.25, -0.2) is 0 Å². The molecule has 2 rings (SSSR count). The van der Waals surface area contributed by atoms with E-state index in [4.69, 9.17) is 27.6 Å². The number of nitrogen functional groups attached to an aromatic ring is 1. The number of benzene rings is 1. The van der Waals surface area contributed by atoms with Crippen molar-refractivity contribution in [1.82, 2.24) is 10.1 Å². The van der Waals surface area contributed by atoms with Gasteiger partial charge >= 0.3 is 0 Å². The molecule has 0 saturated heterocycles. The van der Waals surface area contributed by atoms with E-state index in [-0.39, 0.29) is 6.54 Å². The zero-order valence-electron chi connectivity index (χ0n) is 7.77. The maximum Gasteiger partial charge on any atom is 0.240 e. The van der Waals surface area contributed by atoms with Gasteiger partial charge in [0.2, 0.25) is 11.7 Å². The Balaban J connectivity index is 2.40. The molecule has 0 atom stereocenters. The van der Waals surface area contributed by atoms with Gasteiger partial charge in [-0.3, -0.25) is 0 Å². The van der Waals surface area contributed by atoms with Crippen LogP contribution in [0, 0.1) is 0 Å². The van der Waals surface area contributed by atoms with Crippen LogP contribution in [-0.2, 0) is 6.54 Å². The molecule has 0 aliphatic heterocycles. The number of nitrogens with two attached hydrogens (primary N) is 2. The summed E-state index contributed by atoms with van der Waals surface area (Å²) in [6.45, 7) is 0.218. The van der Waals surface area contributed by atoms with E-state index in [0.29, 0.717) is 22.4 Å². The van der Waals surface area contributed by atoms with Crippen molar-refractivity contribution >= 4 is 17.3 Å². The van der Waals surface area contributed by atoms with Crippen LogP contribution in [0.3, 0.4) is 0 Å². The quantitative estimate of drug-likeness (QED) is 0.753. The Morgan fingerprint density at radius 3 is 2.80 bits per heavy atom. The fourth-order valence-electron chi connectivity index (χ4n) is 1.14. The van der Waals surface area contributed by atoms with Crippen molar-refractivity contribution < 1.29 is 4.52 Å². The number of anilines is 1. The van der Waals surface area contributed by atoms with Gasteiger partial charge in [0.15, 0.2) is 0 Å². The summed E-state index contributed by atoms with van der Waals surface area (Å²) in [5.41, 5.74) is 12.2. The van der Waals surface area contributed by atoms with E-state index in [2.05, 4.69) is 10.1 Å². The molecular weight excluding hydrogens is 216 g/mol. The lowest BCUT2D eigenvalue weighted by molar-refractivity contribution is 0.380. The highest BCUT2D eigenvalue weighted by molar-refractivity contribution is 6.33. The molecule has 0 unspecified atom stereocenters. The van der Waals surface area contributed by atoms with Crippen LogP contribution in [0.2, 0.25) is 5.02 Å². The van der Waals surface area contributed by atoms with Gasteiger partial charge in [-0.15, -0.1) is 0 Å². The lowest BCUT2D eigenvalue weighted by Crippen LogP contribution is -1.95. The van der Waals surface area contributed by atoms with Gasteiger partial charge < -0.3 is 16.0 Å². The van der Waals surface area contributed by atoms with E-state index in [1.807, 2.05) is 0 Å². The standard InChI is InChI=1S/C9H9ClN4O/c10-6-2-1-5(3-7(6)12)9-13-8(4-11)15-14-9/h1-3H,4,11-12H2. The van der Waals surface area contributed by atoms with Gasteiger partial charge in [0.25, 0.3) is 0 Å². The van der Waals surface area contributed by atoms with Crippen LogP contribution in [0.15, 0.2) is 22.7 Å². The third-order valence-electron chi connectivity index (χ3n) is 1.90. The summed E-state index contributed by atoms with van der Waals surface area (Å²) in [4.78, 5) is 4.07. The second-order valence-electron chi connectivity index (χ2n) is 2.95. The maximum atomic E-state index is 5.79. The van der Waals surface area contributed by atoms with E-state index in [9.17, 15) is 0 Å². The monoisotopic (exact) mass is 224 g/mol. The number of aromatic nitrogens is 2. The van der Waals surface area contributed by atoms with Crippen LogP contribution in [-0.4, -0.2) is 10.1 Å². The maximum absolute atomic E-state index is 5.79. The summed E-state index contributed by atoms with van der Waals surface area (Å²) >= 11 is 5.79. The van der Waals surface area contributed by atoms with Crippen LogP contribution in [0.4, 0.5) is 5.69 Å². The molecule has 2 aromatic rings. The SMILES string of the molecule is NCc1nc(-c2ccc(Cl)c(N)c2)no1. The van der Waals surface area contributed by atoms with Crippen LogP contribution in [0.5, 0.6) is 0 Å². The number of nitrogens with zero attached hydrogens (tertiary/aromatic N) is 2. The molecule has 15 heavy (non-hydrogen) atoms. The van der Waals surface area contributed by atoms with Crippen molar-refractivity contribution in [1.29, 1.82) is 0 Å². The van der Waals surface area contributed by atoms with Gasteiger partial charge in [0.1, 0.15) is 0 Å². The minimum Gasteiger partial charge on any atom is -0.398 e. The van der Waals surface area contributed by atoms with Crippen LogP contribution >= 0.6 is 11.6 Å². The average Bonchev–Trinajstić information content (AvgIpc) is 2.70. The van der Waals surface area contributed by atoms with E-state index < -0.39 is 0 Å². The molecule has 6 heteroatoms. The molecule has 0 spiro atoms. The highest BCUT2D eigenvalue weighted by atomic mass is 35.5. The second-order valence-corrected chi connectivity index (χ2v) is 3.36. The summed E-state index contributed by atoms with van der Waals surface area (Å²) in [7, 11) is 0. The number of hydrogen-bond acceptors (Lipinski definition) is 5. The minimum absolute atomic E-state index is 0.218. The molecular formula is C9H9ClN4O. The molecule has 1 heterocycles. The second kappa shape index (κ2) is 3.88. The fourth-order valence-corrected chi connectivity index (χ4v) is 1.26. The Kier molecular flexibility index (Phi) is 2.57. The summed E-state index contributed by atoms with van der Waals surface area (Å²) < 4.78 is 4.88. The highest BCUT2D eigenvalue weighted by Crippen LogP contribution is 2.24. The summed E-state index contributed by atoms with van der Waals surface area (Å²) in [5.74, 6) is 0.845. The lowest BCUT2D eigenvalue weighted by Gasteiger charge is -1.98. The Hall–Kier alpha value is -1.59. The van der Waals surface area contributed by atoms with Gasteiger partial charge in [-0.1, -0.05) is 16.8 Å². The molecule has 0 radical (unpaired) electrons. The van der Waals surface area contributed by atoms with E-state index in [1.54, 1.807) is 18.2 Å². The molecule has 78 valence electrons. The zero-order valence-corrected chi connectivity index (χ0v) is 8.53. The van der Waals surface area contributed by atoms with Crippen LogP contribution in [0.1, 0.15) is 5.89 Å². The Morgan fingerprint density at radius 2 is 2.20 bits per heavy atom. The van der Waals surface area contributed by atoms with Crippen LogP contribution in [0.25, 0.3) is 11.4 Å². The zero-order chi connectivity index (χ0) is 10.8. The van der Waals surface area contributed by atoms with Gasteiger partial charge in [-0.05, 0) is 18.2 Å². The first-order valence-electron chi connectivity index (χ1n) is 4.29. The molecule has 0 aliphatic carbocycles. The predicted octanol–water partition coefficient (Wildman–Crippen LogP) is 1.43. The summed E-state index contributed by atoms with van der Waals surface area (Å²) in [6.07, 6.45) is 0. The minimum atomic E-state index is 0.218. The third-order valence-corrected chi connectivity index (χ3v) is 2.24. The molecule has 1 aromatic carbocycles. The molecule has 0 saturated carbocycles. The third kappa shape index (κ3) is 1.93. The van der Waals surface area contributed by atoms with Gasteiger partial charge in [0.05, 0.1) is 17.3 Å². The van der Waals surface area contributed by atoms with Gasteiger partial charge in [-0.2, -0.15) is 4.98 Å². The number of hydrogen-bond donors (Lipinski definition) is 2. The smallest absolute Gasteiger partial charge is 0.240 e. The normalized spacial score (nSPS) is 10.5. The van der Waals surface area contributed by atoms with Crippen molar-refractivity contribution in [2.45, 2.75) is 6.54 Å². The summed E-state index contributed by atoms with van der Waals surface area (Å²) in [6, 6.07) is 5.14. The Bertz CT molecular complexity index is 483. The first-order valence-corrected chi connectivity index (χ1v) is 4.66. The van der Waals surface area contributed by atoms with Crippen molar-refractivity contribution in [3.05, 3.63) is 29.1 Å². The van der Waals surface area contributed by atoms with Crippen molar-refractivity contribution in [3.8, 4) is 11.4 Å². The van der Waals surface area contributed by atoms with E-state index >= 15 is 0 Å². The molecule has 4 N–H and O–H groups in total. The lowest BCUT2D eigenvalue weighted by atomic mass is 10.2. The Morgan fingerprint density at radius 1 is 1.40 bits per heavy atom. The molecule has 0 aliphatic rings. The van der Waals surface area contributed by atoms with Crippen molar-refractivity contribution in [2.24, 2.45) is 5.73 Å². The fraction of sp³-hybridized carbons (Fsp3) is 0.111.